The van der Waals surface area contributed by atoms with Crippen LogP contribution in [0.25, 0.3) is 21.9 Å². The molecule has 2 heterocycles. The lowest BCUT2D eigenvalue weighted by molar-refractivity contribution is -0.120. The molecule has 0 aliphatic carbocycles. The molecule has 0 fully saturated rings. The largest absolute Gasteiger partial charge is 0.456 e. The van der Waals surface area contributed by atoms with Gasteiger partial charge in [0.05, 0.1) is 0 Å². The molecule has 0 spiro atoms. The molecule has 1 amide bonds. The molecule has 3 N–H and O–H groups in total. The van der Waals surface area contributed by atoms with Gasteiger partial charge in [0.25, 0.3) is 0 Å². The average molecular weight is 266 g/mol. The summed E-state index contributed by atoms with van der Waals surface area (Å²) >= 11 is 0. The standard InChI is InChI=1S/C16H14N2O2/c17-16(19)15-13-9(7-8-18-15)5-6-12-14(13)10-3-1-2-4-11(10)20-12/h1-6,15,18H,7-8H2,(H2,17,19). The first kappa shape index (κ1) is 11.5. The maximum Gasteiger partial charge on any atom is 0.239 e. The number of rotatable bonds is 1. The van der Waals surface area contributed by atoms with Crippen LogP contribution >= 0.6 is 0 Å². The normalized spacial score (nSPS) is 18.3. The first-order valence-electron chi connectivity index (χ1n) is 6.71. The quantitative estimate of drug-likeness (QED) is 0.710. The van der Waals surface area contributed by atoms with Gasteiger partial charge in [-0.2, -0.15) is 0 Å². The molecule has 1 atom stereocenters. The lowest BCUT2D eigenvalue weighted by Crippen LogP contribution is -2.38. The third kappa shape index (κ3) is 1.48. The Labute approximate surface area is 115 Å². The molecule has 4 nitrogen and oxygen atoms in total. The van der Waals surface area contributed by atoms with E-state index >= 15 is 0 Å². The number of carbonyl (C=O) groups is 1. The van der Waals surface area contributed by atoms with Crippen LogP contribution in [0.1, 0.15) is 17.2 Å². The molecule has 4 rings (SSSR count). The van der Waals surface area contributed by atoms with E-state index in [0.717, 1.165) is 40.5 Å². The number of nitrogens with two attached hydrogens (primary N) is 1. The fraction of sp³-hybridized carbons (Fsp3) is 0.188. The van der Waals surface area contributed by atoms with Crippen molar-refractivity contribution in [3.63, 3.8) is 0 Å². The molecule has 1 aliphatic rings. The fourth-order valence-electron chi connectivity index (χ4n) is 3.13. The second-order valence-corrected chi connectivity index (χ2v) is 5.15. The second kappa shape index (κ2) is 4.08. The molecule has 1 unspecified atom stereocenters. The highest BCUT2D eigenvalue weighted by molar-refractivity contribution is 6.08. The van der Waals surface area contributed by atoms with Crippen molar-refractivity contribution in [1.29, 1.82) is 0 Å². The third-order valence-electron chi connectivity index (χ3n) is 3.99. The van der Waals surface area contributed by atoms with Crippen LogP contribution < -0.4 is 11.1 Å². The second-order valence-electron chi connectivity index (χ2n) is 5.15. The van der Waals surface area contributed by atoms with Crippen molar-refractivity contribution in [3.05, 3.63) is 47.5 Å². The maximum absolute atomic E-state index is 11.7. The topological polar surface area (TPSA) is 68.3 Å². The van der Waals surface area contributed by atoms with Crippen LogP contribution in [0.15, 0.2) is 40.8 Å². The summed E-state index contributed by atoms with van der Waals surface area (Å²) in [6.45, 7) is 0.766. The number of carbonyl (C=O) groups excluding carboxylic acids is 1. The number of furan rings is 1. The fourth-order valence-corrected chi connectivity index (χ4v) is 3.13. The van der Waals surface area contributed by atoms with Crippen LogP contribution in [0.2, 0.25) is 0 Å². The average Bonchev–Trinajstić information content (AvgIpc) is 2.85. The van der Waals surface area contributed by atoms with Crippen LogP contribution in [-0.4, -0.2) is 12.5 Å². The van der Waals surface area contributed by atoms with Gasteiger partial charge in [-0.1, -0.05) is 24.3 Å². The molecule has 1 aromatic heterocycles. The Morgan fingerprint density at radius 1 is 1.20 bits per heavy atom. The molecule has 0 saturated carbocycles. The highest BCUT2D eigenvalue weighted by Crippen LogP contribution is 2.37. The molecule has 1 aliphatic heterocycles. The number of hydrogen-bond donors (Lipinski definition) is 2. The smallest absolute Gasteiger partial charge is 0.239 e. The van der Waals surface area contributed by atoms with E-state index in [1.165, 1.54) is 5.56 Å². The highest BCUT2D eigenvalue weighted by Gasteiger charge is 2.28. The summed E-state index contributed by atoms with van der Waals surface area (Å²) in [4.78, 5) is 11.7. The summed E-state index contributed by atoms with van der Waals surface area (Å²) < 4.78 is 5.87. The Balaban J connectivity index is 2.15. The first-order valence-corrected chi connectivity index (χ1v) is 6.71. The van der Waals surface area contributed by atoms with Gasteiger partial charge in [-0.15, -0.1) is 0 Å². The molecular weight excluding hydrogens is 252 g/mol. The number of para-hydroxylation sites is 1. The summed E-state index contributed by atoms with van der Waals surface area (Å²) in [5, 5.41) is 5.25. The monoisotopic (exact) mass is 266 g/mol. The van der Waals surface area contributed by atoms with Crippen LogP contribution in [0.4, 0.5) is 0 Å². The van der Waals surface area contributed by atoms with Gasteiger partial charge in [0.2, 0.25) is 5.91 Å². The summed E-state index contributed by atoms with van der Waals surface area (Å²) in [6.07, 6.45) is 0.897. The van der Waals surface area contributed by atoms with Crippen molar-refractivity contribution in [2.45, 2.75) is 12.5 Å². The Morgan fingerprint density at radius 3 is 2.90 bits per heavy atom. The molecule has 2 aromatic carbocycles. The van der Waals surface area contributed by atoms with E-state index in [4.69, 9.17) is 10.2 Å². The van der Waals surface area contributed by atoms with Crippen molar-refractivity contribution in [1.82, 2.24) is 5.32 Å². The number of fused-ring (bicyclic) bond motifs is 5. The Bertz CT molecular complexity index is 835. The summed E-state index contributed by atoms with van der Waals surface area (Å²) in [7, 11) is 0. The van der Waals surface area contributed by atoms with E-state index in [1.54, 1.807) is 0 Å². The van der Waals surface area contributed by atoms with Crippen molar-refractivity contribution < 1.29 is 9.21 Å². The van der Waals surface area contributed by atoms with E-state index in [2.05, 4.69) is 5.32 Å². The van der Waals surface area contributed by atoms with Crippen molar-refractivity contribution in [3.8, 4) is 0 Å². The van der Waals surface area contributed by atoms with E-state index in [-0.39, 0.29) is 5.91 Å². The summed E-state index contributed by atoms with van der Waals surface area (Å²) in [5.74, 6) is -0.344. The van der Waals surface area contributed by atoms with E-state index in [9.17, 15) is 4.79 Å². The van der Waals surface area contributed by atoms with Crippen molar-refractivity contribution in [2.75, 3.05) is 6.54 Å². The van der Waals surface area contributed by atoms with Crippen LogP contribution in [0.3, 0.4) is 0 Å². The Morgan fingerprint density at radius 2 is 2.05 bits per heavy atom. The molecule has 0 saturated heterocycles. The van der Waals surface area contributed by atoms with Crippen LogP contribution in [-0.2, 0) is 11.2 Å². The number of amides is 1. The van der Waals surface area contributed by atoms with Gasteiger partial charge < -0.3 is 15.5 Å². The number of nitrogens with one attached hydrogen (secondary N) is 1. The predicted octanol–water partition coefficient (Wildman–Crippen LogP) is 2.26. The van der Waals surface area contributed by atoms with Crippen molar-refractivity contribution in [2.24, 2.45) is 5.73 Å². The predicted molar refractivity (Wildman–Crippen MR) is 77.4 cm³/mol. The van der Waals surface area contributed by atoms with Crippen LogP contribution in [0, 0.1) is 0 Å². The minimum Gasteiger partial charge on any atom is -0.456 e. The molecule has 4 heteroatoms. The summed E-state index contributed by atoms with van der Waals surface area (Å²) in [5.41, 5.74) is 9.35. The van der Waals surface area contributed by atoms with Gasteiger partial charge in [0.15, 0.2) is 0 Å². The lowest BCUT2D eigenvalue weighted by atomic mass is 9.90. The van der Waals surface area contributed by atoms with Gasteiger partial charge in [-0.3, -0.25) is 4.79 Å². The highest BCUT2D eigenvalue weighted by atomic mass is 16.3. The van der Waals surface area contributed by atoms with Crippen LogP contribution in [0.5, 0.6) is 0 Å². The molecular formula is C16H14N2O2. The minimum absolute atomic E-state index is 0.344. The number of benzene rings is 2. The molecule has 20 heavy (non-hydrogen) atoms. The van der Waals surface area contributed by atoms with Crippen molar-refractivity contribution >= 4 is 27.8 Å². The zero-order valence-corrected chi connectivity index (χ0v) is 10.8. The van der Waals surface area contributed by atoms with Gasteiger partial charge in [0.1, 0.15) is 17.2 Å². The summed E-state index contributed by atoms with van der Waals surface area (Å²) in [6, 6.07) is 11.5. The Hall–Kier alpha value is -2.33. The molecule has 3 aromatic rings. The van der Waals surface area contributed by atoms with Gasteiger partial charge in [0, 0.05) is 17.3 Å². The lowest BCUT2D eigenvalue weighted by Gasteiger charge is -2.25. The van der Waals surface area contributed by atoms with E-state index in [0.29, 0.717) is 0 Å². The molecule has 0 bridgehead atoms. The van der Waals surface area contributed by atoms with Gasteiger partial charge in [-0.05, 0) is 29.7 Å². The first-order chi connectivity index (χ1) is 9.75. The van der Waals surface area contributed by atoms with E-state index in [1.807, 2.05) is 36.4 Å². The zero-order valence-electron chi connectivity index (χ0n) is 10.8. The number of primary amides is 1. The SMILES string of the molecule is NC(=O)C1NCCc2ccc3oc4ccccc4c3c21. The zero-order chi connectivity index (χ0) is 13.7. The maximum atomic E-state index is 11.7. The molecule has 100 valence electrons. The molecule has 0 radical (unpaired) electrons. The Kier molecular flexibility index (Phi) is 2.35. The van der Waals surface area contributed by atoms with Gasteiger partial charge in [-0.25, -0.2) is 0 Å². The van der Waals surface area contributed by atoms with Gasteiger partial charge >= 0.3 is 0 Å². The van der Waals surface area contributed by atoms with E-state index < -0.39 is 6.04 Å². The minimum atomic E-state index is -0.441. The number of hydrogen-bond acceptors (Lipinski definition) is 3. The third-order valence-corrected chi connectivity index (χ3v) is 3.99.